The minimum atomic E-state index is -1.60. The molecular formula is C14H21NOSi. The normalized spacial score (nSPS) is 11.8. The summed E-state index contributed by atoms with van der Waals surface area (Å²) in [5, 5.41) is 0. The van der Waals surface area contributed by atoms with Crippen LogP contribution < -0.4 is 0 Å². The first kappa shape index (κ1) is 13.7. The predicted octanol–water partition coefficient (Wildman–Crippen LogP) is 4.05. The summed E-state index contributed by atoms with van der Waals surface area (Å²) in [5.74, 6) is 0.505. The van der Waals surface area contributed by atoms with E-state index in [1.807, 2.05) is 6.21 Å². The molecule has 0 aliphatic carbocycles. The highest BCUT2D eigenvalue weighted by Gasteiger charge is 2.16. The Morgan fingerprint density at radius 1 is 1.29 bits per heavy atom. The van der Waals surface area contributed by atoms with Gasteiger partial charge in [-0.2, -0.15) is 0 Å². The second-order valence-corrected chi connectivity index (χ2v) is 9.66. The van der Waals surface area contributed by atoms with Crippen LogP contribution in [0.4, 0.5) is 0 Å². The van der Waals surface area contributed by atoms with Gasteiger partial charge in [-0.3, -0.25) is 0 Å². The molecule has 0 amide bonds. The summed E-state index contributed by atoms with van der Waals surface area (Å²) in [6, 6.07) is 6.31. The van der Waals surface area contributed by atoms with Crippen molar-refractivity contribution >= 4 is 14.5 Å². The highest BCUT2D eigenvalue weighted by atomic mass is 28.4. The molecule has 0 aliphatic rings. The molecule has 0 saturated carbocycles. The van der Waals surface area contributed by atoms with Gasteiger partial charge in [0.25, 0.3) is 0 Å². The van der Waals surface area contributed by atoms with Crippen molar-refractivity contribution in [3.05, 3.63) is 47.4 Å². The monoisotopic (exact) mass is 247 g/mol. The van der Waals surface area contributed by atoms with Gasteiger partial charge in [-0.05, 0) is 51.2 Å². The van der Waals surface area contributed by atoms with E-state index in [-0.39, 0.29) is 0 Å². The van der Waals surface area contributed by atoms with E-state index in [4.69, 9.17) is 4.43 Å². The van der Waals surface area contributed by atoms with Gasteiger partial charge in [0.15, 0.2) is 5.88 Å². The van der Waals surface area contributed by atoms with Gasteiger partial charge in [0.1, 0.15) is 0 Å². The van der Waals surface area contributed by atoms with Crippen molar-refractivity contribution in [3.63, 3.8) is 0 Å². The maximum Gasteiger partial charge on any atom is 0.244 e. The van der Waals surface area contributed by atoms with Crippen LogP contribution in [0.3, 0.4) is 0 Å². The Balaban J connectivity index is 2.77. The van der Waals surface area contributed by atoms with Gasteiger partial charge >= 0.3 is 0 Å². The van der Waals surface area contributed by atoms with Crippen LogP contribution in [0, 0.1) is 13.8 Å². The Labute approximate surface area is 105 Å². The van der Waals surface area contributed by atoms with Crippen molar-refractivity contribution in [2.75, 3.05) is 0 Å². The fraction of sp³-hybridized carbons (Fsp3) is 0.357. The van der Waals surface area contributed by atoms with Gasteiger partial charge in [-0.1, -0.05) is 23.8 Å². The molecule has 0 spiro atoms. The van der Waals surface area contributed by atoms with E-state index in [9.17, 15) is 0 Å². The van der Waals surface area contributed by atoms with E-state index >= 15 is 0 Å². The molecule has 0 aliphatic heterocycles. The molecule has 3 heteroatoms. The number of hydrogen-bond acceptors (Lipinski definition) is 2. The first-order chi connectivity index (χ1) is 7.78. The second kappa shape index (κ2) is 5.32. The van der Waals surface area contributed by atoms with E-state index < -0.39 is 8.32 Å². The topological polar surface area (TPSA) is 21.6 Å². The maximum atomic E-state index is 5.68. The molecule has 92 valence electrons. The van der Waals surface area contributed by atoms with Crippen LogP contribution in [-0.2, 0) is 4.43 Å². The fourth-order valence-corrected chi connectivity index (χ4v) is 2.18. The third-order valence-electron chi connectivity index (χ3n) is 2.21. The largest absolute Gasteiger partial charge is 0.532 e. The number of hydrogen-bond donors (Lipinski definition) is 0. The van der Waals surface area contributed by atoms with E-state index in [1.165, 1.54) is 11.1 Å². The average molecular weight is 247 g/mol. The van der Waals surface area contributed by atoms with Crippen LogP contribution in [0.1, 0.15) is 16.7 Å². The van der Waals surface area contributed by atoms with Gasteiger partial charge < -0.3 is 4.43 Å². The molecule has 0 fully saturated rings. The highest BCUT2D eigenvalue weighted by molar-refractivity contribution is 6.70. The first-order valence-corrected chi connectivity index (χ1v) is 9.18. The molecule has 0 atom stereocenters. The number of aliphatic imine (C=N–C) groups is 1. The van der Waals surface area contributed by atoms with Crippen molar-refractivity contribution in [2.45, 2.75) is 33.5 Å². The molecule has 1 rings (SSSR count). The molecule has 0 bridgehead atoms. The van der Waals surface area contributed by atoms with Gasteiger partial charge in [0.05, 0.1) is 0 Å². The number of aryl methyl sites for hydroxylation is 2. The zero-order valence-corrected chi connectivity index (χ0v) is 12.4. The fourth-order valence-electron chi connectivity index (χ4n) is 1.42. The zero-order chi connectivity index (χ0) is 13.1. The number of benzene rings is 1. The zero-order valence-electron chi connectivity index (χ0n) is 11.4. The minimum Gasteiger partial charge on any atom is -0.532 e. The van der Waals surface area contributed by atoms with Crippen LogP contribution in [0.5, 0.6) is 0 Å². The molecule has 0 unspecified atom stereocenters. The highest BCUT2D eigenvalue weighted by Crippen LogP contribution is 2.12. The molecule has 17 heavy (non-hydrogen) atoms. The molecule has 1 aromatic carbocycles. The third-order valence-corrected chi connectivity index (χ3v) is 3.05. The first-order valence-electron chi connectivity index (χ1n) is 5.77. The van der Waals surface area contributed by atoms with Crippen molar-refractivity contribution in [1.82, 2.24) is 0 Å². The summed E-state index contributed by atoms with van der Waals surface area (Å²) in [6.07, 6.45) is 1.82. The Morgan fingerprint density at radius 3 is 2.53 bits per heavy atom. The molecular weight excluding hydrogens is 226 g/mol. The lowest BCUT2D eigenvalue weighted by molar-refractivity contribution is 0.421. The van der Waals surface area contributed by atoms with Crippen LogP contribution in [-0.4, -0.2) is 14.5 Å². The molecule has 1 aromatic rings. The second-order valence-electron chi connectivity index (χ2n) is 5.23. The third kappa shape index (κ3) is 5.00. The lowest BCUT2D eigenvalue weighted by atomic mass is 10.1. The lowest BCUT2D eigenvalue weighted by Gasteiger charge is -2.18. The van der Waals surface area contributed by atoms with Gasteiger partial charge in [-0.25, -0.2) is 4.99 Å². The Morgan fingerprint density at radius 2 is 1.94 bits per heavy atom. The van der Waals surface area contributed by atoms with Gasteiger partial charge in [-0.15, -0.1) is 0 Å². The Bertz CT molecular complexity index is 444. The molecule has 0 radical (unpaired) electrons. The average Bonchev–Trinajstić information content (AvgIpc) is 2.17. The Kier molecular flexibility index (Phi) is 4.29. The van der Waals surface area contributed by atoms with Crippen molar-refractivity contribution in [1.29, 1.82) is 0 Å². The van der Waals surface area contributed by atoms with E-state index in [0.29, 0.717) is 5.88 Å². The number of rotatable bonds is 4. The smallest absolute Gasteiger partial charge is 0.244 e. The van der Waals surface area contributed by atoms with Crippen LogP contribution >= 0.6 is 0 Å². The quantitative estimate of drug-likeness (QED) is 0.447. The molecule has 0 saturated heterocycles. The summed E-state index contributed by atoms with van der Waals surface area (Å²) in [7, 11) is -1.60. The van der Waals surface area contributed by atoms with Gasteiger partial charge in [0.2, 0.25) is 8.32 Å². The summed E-state index contributed by atoms with van der Waals surface area (Å²) >= 11 is 0. The summed E-state index contributed by atoms with van der Waals surface area (Å²) < 4.78 is 5.68. The standard InChI is InChI=1S/C14H21NOSi/c1-11-7-8-12(2)14(9-11)10-15-13(3)16-17(4,5)6/h7-10H,3H2,1-2,4-6H3. The van der Waals surface area contributed by atoms with Crippen LogP contribution in [0.15, 0.2) is 35.7 Å². The summed E-state index contributed by atoms with van der Waals surface area (Å²) in [6.45, 7) is 14.3. The van der Waals surface area contributed by atoms with Gasteiger partial charge in [0, 0.05) is 6.21 Å². The van der Waals surface area contributed by atoms with Crippen molar-refractivity contribution in [3.8, 4) is 0 Å². The van der Waals surface area contributed by atoms with Crippen molar-refractivity contribution < 1.29 is 4.43 Å². The van der Waals surface area contributed by atoms with E-state index in [2.05, 4.69) is 63.3 Å². The van der Waals surface area contributed by atoms with Crippen LogP contribution in [0.2, 0.25) is 19.6 Å². The predicted molar refractivity (Wildman–Crippen MR) is 77.1 cm³/mol. The molecule has 2 nitrogen and oxygen atoms in total. The Hall–Kier alpha value is -1.35. The maximum absolute atomic E-state index is 5.68. The van der Waals surface area contributed by atoms with E-state index in [0.717, 1.165) is 5.56 Å². The lowest BCUT2D eigenvalue weighted by Crippen LogP contribution is -2.24. The number of nitrogens with zero attached hydrogens (tertiary/aromatic N) is 1. The molecule has 0 N–H and O–H groups in total. The van der Waals surface area contributed by atoms with Crippen molar-refractivity contribution in [2.24, 2.45) is 4.99 Å². The van der Waals surface area contributed by atoms with Crippen LogP contribution in [0.25, 0.3) is 0 Å². The molecule has 0 heterocycles. The molecule has 0 aromatic heterocycles. The van der Waals surface area contributed by atoms with E-state index in [1.54, 1.807) is 0 Å². The SMILES string of the molecule is C=C(N=Cc1cc(C)ccc1C)O[Si](C)(C)C. The summed E-state index contributed by atoms with van der Waals surface area (Å²) in [4.78, 5) is 4.27. The summed E-state index contributed by atoms with van der Waals surface area (Å²) in [5.41, 5.74) is 3.55. The minimum absolute atomic E-state index is 0.505.